The lowest BCUT2D eigenvalue weighted by Crippen LogP contribution is -1.94. The van der Waals surface area contributed by atoms with Crippen LogP contribution in [0.25, 0.3) is 21.9 Å². The molecular formula is C24H33N3. The first-order valence-electron chi connectivity index (χ1n) is 9.89. The molecule has 0 fully saturated rings. The van der Waals surface area contributed by atoms with E-state index >= 15 is 0 Å². The van der Waals surface area contributed by atoms with Gasteiger partial charge in [0.05, 0.1) is 16.7 Å². The number of nitrogens with one attached hydrogen (secondary N) is 1. The van der Waals surface area contributed by atoms with Gasteiger partial charge in [0.15, 0.2) is 0 Å². The molecule has 0 unspecified atom stereocenters. The van der Waals surface area contributed by atoms with Gasteiger partial charge in [-0.3, -0.25) is 4.98 Å². The lowest BCUT2D eigenvalue weighted by Gasteiger charge is -2.04. The summed E-state index contributed by atoms with van der Waals surface area (Å²) in [5, 5.41) is 1.28. The number of para-hydroxylation sites is 2. The molecule has 1 N–H and O–H groups in total. The molecule has 3 heteroatoms. The number of hydrogen-bond acceptors (Lipinski definition) is 2. The van der Waals surface area contributed by atoms with Crippen molar-refractivity contribution < 1.29 is 0 Å². The fraction of sp³-hybridized carbons (Fsp3) is 0.333. The Labute approximate surface area is 163 Å². The van der Waals surface area contributed by atoms with Crippen LogP contribution in [0.2, 0.25) is 0 Å². The predicted octanol–water partition coefficient (Wildman–Crippen LogP) is 7.28. The van der Waals surface area contributed by atoms with E-state index in [2.05, 4.69) is 60.0 Å². The molecule has 2 aromatic carbocycles. The Bertz CT molecular complexity index is 923. The summed E-state index contributed by atoms with van der Waals surface area (Å²) in [6.07, 6.45) is 3.82. The van der Waals surface area contributed by atoms with E-state index in [1.807, 2.05) is 64.4 Å². The Hall–Kier alpha value is -2.68. The summed E-state index contributed by atoms with van der Waals surface area (Å²) in [6.45, 7) is 14.3. The van der Waals surface area contributed by atoms with E-state index < -0.39 is 0 Å². The van der Waals surface area contributed by atoms with E-state index in [9.17, 15) is 0 Å². The third-order valence-electron chi connectivity index (χ3n) is 3.77. The minimum absolute atomic E-state index is 0.442. The van der Waals surface area contributed by atoms with Crippen LogP contribution >= 0.6 is 0 Å². The quantitative estimate of drug-likeness (QED) is 0.386. The van der Waals surface area contributed by atoms with Crippen LogP contribution in [0.1, 0.15) is 58.7 Å². The molecule has 4 rings (SSSR count). The highest BCUT2D eigenvalue weighted by Gasteiger charge is 2.02. The molecule has 0 aliphatic carbocycles. The van der Waals surface area contributed by atoms with Crippen molar-refractivity contribution in [1.29, 1.82) is 0 Å². The number of H-pyrrole nitrogens is 1. The van der Waals surface area contributed by atoms with Crippen molar-refractivity contribution in [2.45, 2.75) is 54.4 Å². The summed E-state index contributed by atoms with van der Waals surface area (Å²) < 4.78 is 0. The minimum atomic E-state index is 0.442. The number of nitrogens with zero attached hydrogens (tertiary/aromatic N) is 2. The van der Waals surface area contributed by atoms with Gasteiger partial charge in [-0.25, -0.2) is 4.98 Å². The van der Waals surface area contributed by atoms with Crippen LogP contribution in [0.15, 0.2) is 60.9 Å². The van der Waals surface area contributed by atoms with Crippen LogP contribution < -0.4 is 0 Å². The van der Waals surface area contributed by atoms with Gasteiger partial charge >= 0.3 is 0 Å². The van der Waals surface area contributed by atoms with E-state index in [0.29, 0.717) is 5.92 Å². The average molecular weight is 364 g/mol. The first-order valence-corrected chi connectivity index (χ1v) is 9.89. The van der Waals surface area contributed by atoms with Gasteiger partial charge in [0.2, 0.25) is 0 Å². The Balaban J connectivity index is 0.000000233. The topological polar surface area (TPSA) is 41.6 Å². The lowest BCUT2D eigenvalue weighted by molar-refractivity contribution is 0.822. The van der Waals surface area contributed by atoms with Gasteiger partial charge < -0.3 is 4.98 Å². The second-order valence-corrected chi connectivity index (χ2v) is 6.01. The average Bonchev–Trinajstić information content (AvgIpc) is 3.19. The van der Waals surface area contributed by atoms with Crippen molar-refractivity contribution in [3.05, 3.63) is 72.2 Å². The molecule has 2 aromatic heterocycles. The molecule has 0 aliphatic rings. The predicted molar refractivity (Wildman–Crippen MR) is 119 cm³/mol. The van der Waals surface area contributed by atoms with E-state index in [4.69, 9.17) is 0 Å². The fourth-order valence-electron chi connectivity index (χ4n) is 2.41. The van der Waals surface area contributed by atoms with Crippen LogP contribution in [0, 0.1) is 6.92 Å². The molecule has 4 aromatic rings. The van der Waals surface area contributed by atoms with Crippen LogP contribution in [-0.2, 0) is 0 Å². The van der Waals surface area contributed by atoms with Crippen molar-refractivity contribution in [2.24, 2.45) is 0 Å². The smallest absolute Gasteiger partial charge is 0.0890 e. The van der Waals surface area contributed by atoms with E-state index in [-0.39, 0.29) is 0 Å². The summed E-state index contributed by atoms with van der Waals surface area (Å²) >= 11 is 0. The van der Waals surface area contributed by atoms with Crippen molar-refractivity contribution in [3.8, 4) is 0 Å². The summed E-state index contributed by atoms with van der Waals surface area (Å²) in [5.74, 6) is 0.442. The zero-order valence-electron chi connectivity index (χ0n) is 17.7. The normalized spacial score (nSPS) is 9.63. The minimum Gasteiger partial charge on any atom is -0.361 e. The number of hydrogen-bond donors (Lipinski definition) is 1. The first kappa shape index (κ1) is 22.4. The number of aromatic amines is 1. The largest absolute Gasteiger partial charge is 0.361 e. The molecule has 2 heterocycles. The van der Waals surface area contributed by atoms with Crippen LogP contribution in [0.4, 0.5) is 0 Å². The molecule has 27 heavy (non-hydrogen) atoms. The van der Waals surface area contributed by atoms with E-state index in [0.717, 1.165) is 16.7 Å². The zero-order chi connectivity index (χ0) is 20.2. The molecule has 144 valence electrons. The molecule has 0 saturated heterocycles. The number of rotatable bonds is 1. The van der Waals surface area contributed by atoms with Crippen molar-refractivity contribution >= 4 is 21.9 Å². The number of benzene rings is 2. The number of aryl methyl sites for hydroxylation is 1. The van der Waals surface area contributed by atoms with E-state index in [1.54, 1.807) is 0 Å². The van der Waals surface area contributed by atoms with Gasteiger partial charge in [-0.05, 0) is 48.1 Å². The van der Waals surface area contributed by atoms with Crippen LogP contribution in [0.3, 0.4) is 0 Å². The van der Waals surface area contributed by atoms with Crippen LogP contribution in [0.5, 0.6) is 0 Å². The maximum atomic E-state index is 4.51. The first-order chi connectivity index (χ1) is 13.1. The Kier molecular flexibility index (Phi) is 9.81. The second kappa shape index (κ2) is 11.8. The number of fused-ring (bicyclic) bond motifs is 2. The maximum absolute atomic E-state index is 4.51. The van der Waals surface area contributed by atoms with Gasteiger partial charge in [0.1, 0.15) is 0 Å². The van der Waals surface area contributed by atoms with Crippen molar-refractivity contribution in [3.63, 3.8) is 0 Å². The third kappa shape index (κ3) is 6.52. The van der Waals surface area contributed by atoms with Crippen LogP contribution in [-0.4, -0.2) is 15.0 Å². The SMILES string of the molecule is CC.CC.CC(C)c1cnc2ccccc2n1.Cc1ccc2cc[nH]c2c1. The second-order valence-electron chi connectivity index (χ2n) is 6.01. The summed E-state index contributed by atoms with van der Waals surface area (Å²) in [4.78, 5) is 12.0. The van der Waals surface area contributed by atoms with Gasteiger partial charge in [-0.2, -0.15) is 0 Å². The third-order valence-corrected chi connectivity index (χ3v) is 3.77. The highest BCUT2D eigenvalue weighted by molar-refractivity contribution is 5.79. The zero-order valence-corrected chi connectivity index (χ0v) is 17.7. The summed E-state index contributed by atoms with van der Waals surface area (Å²) in [5.41, 5.74) is 5.52. The molecule has 0 radical (unpaired) electrons. The standard InChI is InChI=1S/C11H12N2.C9H9N.2C2H6/c1-8(2)11-7-12-9-5-3-4-6-10(9)13-11;1-7-2-3-8-4-5-10-9(8)6-7;2*1-2/h3-8H,1-2H3;2-6,10H,1H3;2*1-2H3. The Morgan fingerprint density at radius 1 is 0.852 bits per heavy atom. The molecule has 0 spiro atoms. The molecule has 0 saturated carbocycles. The van der Waals surface area contributed by atoms with Crippen molar-refractivity contribution in [1.82, 2.24) is 15.0 Å². The molecule has 3 nitrogen and oxygen atoms in total. The monoisotopic (exact) mass is 363 g/mol. The Morgan fingerprint density at radius 3 is 2.19 bits per heavy atom. The fourth-order valence-corrected chi connectivity index (χ4v) is 2.41. The van der Waals surface area contributed by atoms with Gasteiger partial charge in [-0.1, -0.05) is 65.8 Å². The van der Waals surface area contributed by atoms with Crippen molar-refractivity contribution in [2.75, 3.05) is 0 Å². The van der Waals surface area contributed by atoms with Gasteiger partial charge in [0, 0.05) is 17.9 Å². The van der Waals surface area contributed by atoms with Gasteiger partial charge in [0.25, 0.3) is 0 Å². The Morgan fingerprint density at radius 2 is 1.52 bits per heavy atom. The van der Waals surface area contributed by atoms with E-state index in [1.165, 1.54) is 16.5 Å². The molecule has 0 aliphatic heterocycles. The molecule has 0 bridgehead atoms. The molecule has 0 atom stereocenters. The molecule has 0 amide bonds. The van der Waals surface area contributed by atoms with Gasteiger partial charge in [-0.15, -0.1) is 0 Å². The highest BCUT2D eigenvalue weighted by Crippen LogP contribution is 2.14. The highest BCUT2D eigenvalue weighted by atomic mass is 14.8. The summed E-state index contributed by atoms with van der Waals surface area (Å²) in [6, 6.07) is 16.4. The molecular weight excluding hydrogens is 330 g/mol. The summed E-state index contributed by atoms with van der Waals surface area (Å²) in [7, 11) is 0. The number of aromatic nitrogens is 3. The maximum Gasteiger partial charge on any atom is 0.0890 e. The lowest BCUT2D eigenvalue weighted by atomic mass is 10.1.